The Morgan fingerprint density at radius 3 is 2.33 bits per heavy atom. The first-order valence-electron chi connectivity index (χ1n) is 11.2. The summed E-state index contributed by atoms with van der Waals surface area (Å²) in [6, 6.07) is 5.82. The Morgan fingerprint density at radius 2 is 1.75 bits per heavy atom. The molecule has 0 bridgehead atoms. The summed E-state index contributed by atoms with van der Waals surface area (Å²) in [7, 11) is 0. The van der Waals surface area contributed by atoms with Crippen molar-refractivity contribution in [2.45, 2.75) is 38.4 Å². The van der Waals surface area contributed by atoms with E-state index in [2.05, 4.69) is 20.2 Å². The second kappa shape index (κ2) is 11.4. The third-order valence-electron chi connectivity index (χ3n) is 5.42. The molecule has 0 saturated heterocycles. The number of hydrogen-bond donors (Lipinski definition) is 2. The highest BCUT2D eigenvalue weighted by molar-refractivity contribution is 6.37. The summed E-state index contributed by atoms with van der Waals surface area (Å²) in [5.74, 6) is -0.249. The van der Waals surface area contributed by atoms with Crippen LogP contribution in [0.4, 0.5) is 18.0 Å². The van der Waals surface area contributed by atoms with Gasteiger partial charge in [0.05, 0.1) is 16.6 Å². The van der Waals surface area contributed by atoms with Gasteiger partial charge in [0.2, 0.25) is 0 Å². The van der Waals surface area contributed by atoms with Crippen LogP contribution in [0.3, 0.4) is 0 Å². The van der Waals surface area contributed by atoms with Gasteiger partial charge in [-0.3, -0.25) is 9.55 Å². The number of carbonyl (C=O) groups is 1. The Labute approximate surface area is 237 Å². The number of aliphatic hydroxyl groups excluding tert-OH is 1. The van der Waals surface area contributed by atoms with E-state index in [1.807, 2.05) is 0 Å². The quantitative estimate of drug-likeness (QED) is 0.301. The van der Waals surface area contributed by atoms with Gasteiger partial charge in [0.1, 0.15) is 12.2 Å². The number of amides is 1. The number of benzene rings is 1. The molecule has 12 nitrogen and oxygen atoms in total. The second-order valence-corrected chi connectivity index (χ2v) is 9.52. The molecular formula is C22H18Cl3F3N8O4. The first-order valence-corrected chi connectivity index (χ1v) is 12.3. The van der Waals surface area contributed by atoms with E-state index >= 15 is 0 Å². The first kappa shape index (κ1) is 29.3. The van der Waals surface area contributed by atoms with Crippen molar-refractivity contribution in [1.82, 2.24) is 34.1 Å². The molecule has 2 unspecified atom stereocenters. The molecule has 40 heavy (non-hydrogen) atoms. The minimum atomic E-state index is -4.99. The molecule has 0 aliphatic rings. The molecule has 0 aliphatic heterocycles. The van der Waals surface area contributed by atoms with Crippen LogP contribution in [-0.2, 0) is 17.8 Å². The number of carbonyl (C=O) groups excluding carboxylic acids is 1. The number of halogens is 6. The molecule has 3 aromatic heterocycles. The van der Waals surface area contributed by atoms with Crippen LogP contribution in [0.1, 0.15) is 24.7 Å². The smallest absolute Gasteiger partial charge is 0.416 e. The van der Waals surface area contributed by atoms with Gasteiger partial charge in [-0.15, -0.1) is 10.2 Å². The zero-order valence-corrected chi connectivity index (χ0v) is 22.4. The van der Waals surface area contributed by atoms with Gasteiger partial charge in [0, 0.05) is 23.0 Å². The summed E-state index contributed by atoms with van der Waals surface area (Å²) in [6.45, 7) is -0.132. The van der Waals surface area contributed by atoms with Crippen LogP contribution in [0.15, 0.2) is 41.5 Å². The largest absolute Gasteiger partial charge is 0.438 e. The van der Waals surface area contributed by atoms with Gasteiger partial charge in [-0.05, 0) is 31.2 Å². The van der Waals surface area contributed by atoms with Crippen molar-refractivity contribution in [2.75, 3.05) is 0 Å². The lowest BCUT2D eigenvalue weighted by atomic mass is 10.2. The van der Waals surface area contributed by atoms with Crippen LogP contribution >= 0.6 is 34.8 Å². The number of hydrogen-bond acceptors (Lipinski definition) is 8. The summed E-state index contributed by atoms with van der Waals surface area (Å²) in [5.41, 5.74) is 4.53. The zero-order chi connectivity index (χ0) is 29.4. The van der Waals surface area contributed by atoms with Crippen molar-refractivity contribution >= 4 is 40.9 Å². The number of nitrogens with two attached hydrogens (primary N) is 1. The SMILES string of the molecule is CC(OC(N)=O)c1nc(Cn2nc(-c3ccc(Cl)cc3)n(CC(O)C(F)(F)F)c2=O)nn1-c1c(Cl)cncc1Cl. The molecule has 1 amide bonds. The van der Waals surface area contributed by atoms with Crippen molar-refractivity contribution in [3.8, 4) is 17.1 Å². The standard InChI is InChI=1S/C22H18Cl3F3N8O4/c1-10(40-20(29)38)18-31-16(32-36(18)17-13(24)6-30-7-14(17)25)9-35-21(39)34(8-15(37)22(26,27)28)19(33-35)11-2-4-12(23)5-3-11/h2-7,10,15,37H,8-9H2,1H3,(H2,29,38). The Kier molecular flexibility index (Phi) is 8.39. The number of primary amides is 1. The van der Waals surface area contributed by atoms with Crippen LogP contribution in [0.2, 0.25) is 15.1 Å². The fourth-order valence-corrected chi connectivity index (χ4v) is 4.28. The Bertz CT molecular complexity index is 1580. The van der Waals surface area contributed by atoms with Crippen molar-refractivity contribution in [2.24, 2.45) is 5.73 Å². The second-order valence-electron chi connectivity index (χ2n) is 8.27. The Hall–Kier alpha value is -3.66. The lowest BCUT2D eigenvalue weighted by molar-refractivity contribution is -0.207. The van der Waals surface area contributed by atoms with Crippen molar-refractivity contribution < 1.29 is 27.8 Å². The minimum Gasteiger partial charge on any atom is -0.438 e. The maximum atomic E-state index is 13.2. The summed E-state index contributed by atoms with van der Waals surface area (Å²) in [6.07, 6.45) is -7.45. The molecular weight excluding hydrogens is 604 g/mol. The average Bonchev–Trinajstić information content (AvgIpc) is 3.40. The topological polar surface area (TPSA) is 156 Å². The van der Waals surface area contributed by atoms with E-state index in [1.165, 1.54) is 43.6 Å². The van der Waals surface area contributed by atoms with Gasteiger partial charge in [-0.2, -0.15) is 13.2 Å². The maximum absolute atomic E-state index is 13.2. The van der Waals surface area contributed by atoms with Crippen LogP contribution in [-0.4, -0.2) is 57.6 Å². The summed E-state index contributed by atoms with van der Waals surface area (Å²) in [4.78, 5) is 32.8. The van der Waals surface area contributed by atoms with E-state index in [0.717, 1.165) is 9.36 Å². The highest BCUT2D eigenvalue weighted by atomic mass is 35.5. The predicted molar refractivity (Wildman–Crippen MR) is 136 cm³/mol. The number of aromatic nitrogens is 7. The molecule has 0 aliphatic carbocycles. The van der Waals surface area contributed by atoms with Crippen molar-refractivity contribution in [3.63, 3.8) is 0 Å². The van der Waals surface area contributed by atoms with E-state index < -0.39 is 43.3 Å². The normalized spacial score (nSPS) is 13.3. The molecule has 0 saturated carbocycles. The third-order valence-corrected chi connectivity index (χ3v) is 6.23. The van der Waals surface area contributed by atoms with E-state index in [1.54, 1.807) is 0 Å². The Morgan fingerprint density at radius 1 is 1.12 bits per heavy atom. The van der Waals surface area contributed by atoms with Crippen molar-refractivity contribution in [3.05, 3.63) is 73.9 Å². The highest BCUT2D eigenvalue weighted by Gasteiger charge is 2.39. The van der Waals surface area contributed by atoms with Gasteiger partial charge < -0.3 is 15.6 Å². The number of pyridine rings is 1. The maximum Gasteiger partial charge on any atom is 0.416 e. The monoisotopic (exact) mass is 620 g/mol. The van der Waals surface area contributed by atoms with Gasteiger partial charge >= 0.3 is 18.0 Å². The molecule has 3 heterocycles. The number of aliphatic hydroxyl groups is 1. The molecule has 3 N–H and O–H groups in total. The van der Waals surface area contributed by atoms with E-state index in [-0.39, 0.29) is 38.8 Å². The number of alkyl halides is 3. The number of nitrogens with zero attached hydrogens (tertiary/aromatic N) is 7. The fourth-order valence-electron chi connectivity index (χ4n) is 3.63. The Balaban J connectivity index is 1.82. The van der Waals surface area contributed by atoms with E-state index in [4.69, 9.17) is 45.3 Å². The first-order chi connectivity index (χ1) is 18.8. The molecule has 2 atom stereocenters. The van der Waals surface area contributed by atoms with E-state index in [9.17, 15) is 27.9 Å². The predicted octanol–water partition coefficient (Wildman–Crippen LogP) is 3.78. The summed E-state index contributed by atoms with van der Waals surface area (Å²) in [5, 5.41) is 18.6. The van der Waals surface area contributed by atoms with Crippen molar-refractivity contribution in [1.29, 1.82) is 0 Å². The van der Waals surface area contributed by atoms with Crippen LogP contribution in [0.25, 0.3) is 17.1 Å². The molecule has 4 rings (SSSR count). The third kappa shape index (κ3) is 6.22. The van der Waals surface area contributed by atoms with Gasteiger partial charge in [-0.25, -0.2) is 23.9 Å². The van der Waals surface area contributed by atoms with E-state index in [0.29, 0.717) is 9.59 Å². The number of rotatable bonds is 8. The summed E-state index contributed by atoms with van der Waals surface area (Å²) >= 11 is 18.4. The average molecular weight is 622 g/mol. The fraction of sp³-hybridized carbons (Fsp3) is 0.273. The van der Waals surface area contributed by atoms with Crippen LogP contribution in [0, 0.1) is 0 Å². The zero-order valence-electron chi connectivity index (χ0n) is 20.2. The van der Waals surface area contributed by atoms with Gasteiger partial charge in [-0.1, -0.05) is 34.8 Å². The molecule has 4 aromatic rings. The molecule has 18 heteroatoms. The lowest BCUT2D eigenvalue weighted by Crippen LogP contribution is -2.37. The lowest BCUT2D eigenvalue weighted by Gasteiger charge is -2.15. The van der Waals surface area contributed by atoms with Crippen LogP contribution < -0.4 is 11.4 Å². The highest BCUT2D eigenvalue weighted by Crippen LogP contribution is 2.30. The van der Waals surface area contributed by atoms with Crippen LogP contribution in [0.5, 0.6) is 0 Å². The summed E-state index contributed by atoms with van der Waals surface area (Å²) < 4.78 is 47.1. The molecule has 0 spiro atoms. The minimum absolute atomic E-state index is 0.00157. The number of ether oxygens (including phenoxy) is 1. The molecule has 1 aromatic carbocycles. The van der Waals surface area contributed by atoms with Gasteiger partial charge in [0.15, 0.2) is 29.7 Å². The molecule has 0 fully saturated rings. The molecule has 0 radical (unpaired) electrons. The van der Waals surface area contributed by atoms with Gasteiger partial charge in [0.25, 0.3) is 0 Å². The molecule has 212 valence electrons.